The first-order chi connectivity index (χ1) is 13.5. The van der Waals surface area contributed by atoms with Gasteiger partial charge in [0, 0.05) is 30.9 Å². The first-order valence-corrected chi connectivity index (χ1v) is 10.7. The van der Waals surface area contributed by atoms with Crippen molar-refractivity contribution < 1.29 is 9.32 Å². The van der Waals surface area contributed by atoms with Crippen molar-refractivity contribution in [1.82, 2.24) is 24.6 Å². The first kappa shape index (κ1) is 19.0. The minimum absolute atomic E-state index is 0.00847. The molecule has 146 valence electrons. The van der Waals surface area contributed by atoms with Gasteiger partial charge in [0.25, 0.3) is 0 Å². The van der Waals surface area contributed by atoms with Crippen molar-refractivity contribution in [2.24, 2.45) is 0 Å². The van der Waals surface area contributed by atoms with Crippen LogP contribution in [0.1, 0.15) is 30.8 Å². The highest BCUT2D eigenvalue weighted by Crippen LogP contribution is 2.36. The normalized spacial score (nSPS) is 17.0. The maximum atomic E-state index is 12.2. The molecule has 0 aliphatic heterocycles. The van der Waals surface area contributed by atoms with Gasteiger partial charge in [-0.05, 0) is 31.4 Å². The minimum atomic E-state index is -1.26. The Labute approximate surface area is 169 Å². The molecule has 3 aromatic heterocycles. The summed E-state index contributed by atoms with van der Waals surface area (Å²) in [4.78, 5) is 13.2. The second-order valence-electron chi connectivity index (χ2n) is 6.77. The number of nitrogens with zero attached hydrogens (tertiary/aromatic N) is 5. The van der Waals surface area contributed by atoms with E-state index in [-0.39, 0.29) is 6.61 Å². The number of anilines is 1. The van der Waals surface area contributed by atoms with Crippen LogP contribution in [0.3, 0.4) is 0 Å². The fraction of sp³-hybridized carbons (Fsp3) is 0.333. The van der Waals surface area contributed by atoms with Gasteiger partial charge >= 0.3 is 0 Å². The number of hydrogen-bond acceptors (Lipinski definition) is 7. The van der Waals surface area contributed by atoms with Gasteiger partial charge in [-0.2, -0.15) is 9.61 Å². The lowest BCUT2D eigenvalue weighted by Crippen LogP contribution is -2.49. The van der Waals surface area contributed by atoms with E-state index in [9.17, 15) is 9.32 Å². The molecule has 2 N–H and O–H groups in total. The number of halogens is 1. The van der Waals surface area contributed by atoms with Crippen molar-refractivity contribution in [1.29, 1.82) is 0 Å². The summed E-state index contributed by atoms with van der Waals surface area (Å²) in [5.74, 6) is 1.11. The Morgan fingerprint density at radius 3 is 2.64 bits per heavy atom. The highest BCUT2D eigenvalue weighted by Gasteiger charge is 2.37. The molecule has 1 aliphatic rings. The smallest absolute Gasteiger partial charge is 0.157 e. The summed E-state index contributed by atoms with van der Waals surface area (Å²) in [7, 11) is -1.26. The van der Waals surface area contributed by atoms with Gasteiger partial charge in [-0.3, -0.25) is 4.21 Å². The lowest BCUT2D eigenvalue weighted by atomic mass is 9.77. The molecule has 1 saturated carbocycles. The van der Waals surface area contributed by atoms with Gasteiger partial charge in [-0.25, -0.2) is 15.0 Å². The van der Waals surface area contributed by atoms with Crippen LogP contribution in [-0.2, 0) is 10.8 Å². The van der Waals surface area contributed by atoms with Crippen LogP contribution in [0.25, 0.3) is 17.8 Å². The third-order valence-corrected chi connectivity index (χ3v) is 5.93. The summed E-state index contributed by atoms with van der Waals surface area (Å²) < 4.78 is 13.9. The molecule has 1 aliphatic carbocycles. The Bertz CT molecular complexity index is 1060. The molecule has 0 aromatic carbocycles. The van der Waals surface area contributed by atoms with E-state index in [1.165, 1.54) is 12.4 Å². The second-order valence-corrected chi connectivity index (χ2v) is 8.56. The summed E-state index contributed by atoms with van der Waals surface area (Å²) in [6.07, 6.45) is 12.5. The van der Waals surface area contributed by atoms with Gasteiger partial charge < -0.3 is 10.4 Å². The average Bonchev–Trinajstić information content (AvgIpc) is 3.07. The summed E-state index contributed by atoms with van der Waals surface area (Å²) in [5.41, 5.74) is 0.863. The van der Waals surface area contributed by atoms with Crippen molar-refractivity contribution in [3.63, 3.8) is 0 Å². The van der Waals surface area contributed by atoms with Gasteiger partial charge in [0.05, 0.1) is 38.6 Å². The summed E-state index contributed by atoms with van der Waals surface area (Å²) in [6, 6.07) is 1.81. The molecule has 28 heavy (non-hydrogen) atoms. The predicted molar refractivity (Wildman–Crippen MR) is 109 cm³/mol. The van der Waals surface area contributed by atoms with E-state index < -0.39 is 16.3 Å². The van der Waals surface area contributed by atoms with Gasteiger partial charge in [-0.15, -0.1) is 0 Å². The van der Waals surface area contributed by atoms with Crippen LogP contribution in [-0.4, -0.2) is 52.3 Å². The maximum absolute atomic E-state index is 12.2. The fourth-order valence-corrected chi connectivity index (χ4v) is 3.80. The largest absolute Gasteiger partial charge is 0.394 e. The molecular weight excluding hydrogens is 400 g/mol. The zero-order valence-corrected chi connectivity index (χ0v) is 16.7. The molecule has 0 radical (unpaired) electrons. The van der Waals surface area contributed by atoms with E-state index in [2.05, 4.69) is 25.4 Å². The number of fused-ring (bicyclic) bond motifs is 1. The molecule has 4 rings (SSSR count). The molecule has 1 fully saturated rings. The van der Waals surface area contributed by atoms with E-state index in [4.69, 9.17) is 11.6 Å². The maximum Gasteiger partial charge on any atom is 0.157 e. The van der Waals surface area contributed by atoms with Crippen LogP contribution in [0.4, 0.5) is 5.82 Å². The second kappa shape index (κ2) is 7.57. The molecule has 0 spiro atoms. The standard InChI is InChI=1S/C18H19ClN6O2S/c1-28(27)14-10-22-16-7-13(3-4-15-20-8-12(19)9-21-15)24-25(16)17(14)23-18(11-26)5-2-6-18/h3-4,7-10,23,26H,2,5-6,11H2,1H3/b4-3+. The SMILES string of the molecule is CS(=O)c1cnc2cc(/C=C/c3ncc(Cl)cn3)nn2c1NC1(CO)CCC1. The summed E-state index contributed by atoms with van der Waals surface area (Å²) >= 11 is 5.80. The zero-order valence-electron chi connectivity index (χ0n) is 15.2. The van der Waals surface area contributed by atoms with Crippen LogP contribution in [0, 0.1) is 0 Å². The monoisotopic (exact) mass is 418 g/mol. The lowest BCUT2D eigenvalue weighted by molar-refractivity contribution is 0.143. The molecule has 1 atom stereocenters. The van der Waals surface area contributed by atoms with Crippen LogP contribution in [0.2, 0.25) is 5.02 Å². The summed E-state index contributed by atoms with van der Waals surface area (Å²) in [6.45, 7) is 0.00847. The zero-order chi connectivity index (χ0) is 19.7. The third kappa shape index (κ3) is 3.65. The van der Waals surface area contributed by atoms with Crippen LogP contribution in [0.15, 0.2) is 29.6 Å². The average molecular weight is 419 g/mol. The number of aromatic nitrogens is 5. The fourth-order valence-electron chi connectivity index (χ4n) is 3.09. The van der Waals surface area contributed by atoms with Crippen molar-refractivity contribution in [2.75, 3.05) is 18.2 Å². The Hall–Kier alpha value is -2.36. The van der Waals surface area contributed by atoms with Crippen molar-refractivity contribution in [3.8, 4) is 0 Å². The molecule has 1 unspecified atom stereocenters. The Morgan fingerprint density at radius 1 is 1.29 bits per heavy atom. The predicted octanol–water partition coefficient (Wildman–Crippen LogP) is 2.41. The number of hydrogen-bond donors (Lipinski definition) is 2. The number of aliphatic hydroxyl groups is 1. The van der Waals surface area contributed by atoms with Gasteiger partial charge in [0.1, 0.15) is 5.82 Å². The van der Waals surface area contributed by atoms with Crippen LogP contribution >= 0.6 is 11.6 Å². The van der Waals surface area contributed by atoms with E-state index in [1.54, 1.807) is 29.1 Å². The van der Waals surface area contributed by atoms with Crippen LogP contribution in [0.5, 0.6) is 0 Å². The Morgan fingerprint density at radius 2 is 2.04 bits per heavy atom. The number of nitrogens with one attached hydrogen (secondary N) is 1. The minimum Gasteiger partial charge on any atom is -0.394 e. The van der Waals surface area contributed by atoms with Gasteiger partial charge in [0.2, 0.25) is 0 Å². The van der Waals surface area contributed by atoms with Crippen molar-refractivity contribution >= 4 is 46.0 Å². The van der Waals surface area contributed by atoms with E-state index >= 15 is 0 Å². The molecule has 0 bridgehead atoms. The Kier molecular flexibility index (Phi) is 5.13. The quantitative estimate of drug-likeness (QED) is 0.633. The molecule has 3 heterocycles. The molecule has 3 aromatic rings. The number of rotatable bonds is 6. The van der Waals surface area contributed by atoms with E-state index in [0.29, 0.717) is 32.9 Å². The molecular formula is C18H19ClN6O2S. The first-order valence-electron chi connectivity index (χ1n) is 8.77. The molecule has 8 nitrogen and oxygen atoms in total. The number of aliphatic hydroxyl groups excluding tert-OH is 1. The Balaban J connectivity index is 1.72. The lowest BCUT2D eigenvalue weighted by Gasteiger charge is -2.42. The highest BCUT2D eigenvalue weighted by molar-refractivity contribution is 7.84. The molecule has 0 saturated heterocycles. The van der Waals surface area contributed by atoms with Crippen molar-refractivity contribution in [3.05, 3.63) is 41.2 Å². The van der Waals surface area contributed by atoms with E-state index in [1.807, 2.05) is 6.07 Å². The van der Waals surface area contributed by atoms with Crippen LogP contribution < -0.4 is 5.32 Å². The summed E-state index contributed by atoms with van der Waals surface area (Å²) in [5, 5.41) is 18.2. The molecule has 10 heteroatoms. The molecule has 0 amide bonds. The van der Waals surface area contributed by atoms with E-state index in [0.717, 1.165) is 19.3 Å². The highest BCUT2D eigenvalue weighted by atomic mass is 35.5. The topological polar surface area (TPSA) is 105 Å². The van der Waals surface area contributed by atoms with Gasteiger partial charge in [-0.1, -0.05) is 11.6 Å². The van der Waals surface area contributed by atoms with Gasteiger partial charge in [0.15, 0.2) is 11.5 Å². The van der Waals surface area contributed by atoms with Crippen molar-refractivity contribution in [2.45, 2.75) is 29.7 Å². The third-order valence-electron chi connectivity index (χ3n) is 4.82.